The van der Waals surface area contributed by atoms with Gasteiger partial charge in [0.05, 0.1) is 24.5 Å². The first-order valence-corrected chi connectivity index (χ1v) is 6.56. The minimum absolute atomic E-state index is 0.0946. The average Bonchev–Trinajstić information content (AvgIpc) is 2.86. The Balaban J connectivity index is 2.06. The number of hydrogen-bond acceptors (Lipinski definition) is 3. The van der Waals surface area contributed by atoms with Crippen LogP contribution >= 0.6 is 0 Å². The van der Waals surface area contributed by atoms with Crippen molar-refractivity contribution in [2.75, 3.05) is 29.9 Å². The number of nitrogens with one attached hydrogen (secondary N) is 2. The monoisotopic (exact) mass is 271 g/mol. The number of hydrogen-bond donors (Lipinski definition) is 2. The Bertz CT molecular complexity index is 548. The molecule has 5 heteroatoms. The molecule has 0 spiro atoms. The van der Waals surface area contributed by atoms with Gasteiger partial charge in [-0.15, -0.1) is 6.42 Å². The maximum atomic E-state index is 11.8. The molecule has 2 amide bonds. The number of amides is 2. The fourth-order valence-electron chi connectivity index (χ4n) is 2.16. The maximum absolute atomic E-state index is 11.8. The van der Waals surface area contributed by atoms with Crippen molar-refractivity contribution in [1.29, 1.82) is 0 Å². The highest BCUT2D eigenvalue weighted by Gasteiger charge is 2.23. The van der Waals surface area contributed by atoms with Crippen LogP contribution in [0.25, 0.3) is 0 Å². The van der Waals surface area contributed by atoms with E-state index in [1.54, 1.807) is 11.0 Å². The summed E-state index contributed by atoms with van der Waals surface area (Å²) in [6, 6.07) is 7.31. The Labute approximate surface area is 118 Å². The molecule has 0 unspecified atom stereocenters. The van der Waals surface area contributed by atoms with Crippen LogP contribution in [-0.4, -0.2) is 31.4 Å². The largest absolute Gasteiger partial charge is 0.323 e. The molecular weight excluding hydrogens is 254 g/mol. The molecule has 104 valence electrons. The van der Waals surface area contributed by atoms with E-state index >= 15 is 0 Å². The van der Waals surface area contributed by atoms with Gasteiger partial charge in [-0.3, -0.25) is 14.9 Å². The molecule has 0 saturated carbocycles. The summed E-state index contributed by atoms with van der Waals surface area (Å²) in [5.41, 5.74) is 1.40. The normalized spacial score (nSPS) is 14.2. The number of carbonyl (C=O) groups excluding carboxylic acids is 2. The number of benzene rings is 1. The highest BCUT2D eigenvalue weighted by atomic mass is 16.2. The van der Waals surface area contributed by atoms with Crippen molar-refractivity contribution in [2.45, 2.75) is 12.8 Å². The van der Waals surface area contributed by atoms with E-state index in [-0.39, 0.29) is 18.4 Å². The molecule has 20 heavy (non-hydrogen) atoms. The summed E-state index contributed by atoms with van der Waals surface area (Å²) in [6.07, 6.45) is 6.51. The molecule has 2 rings (SSSR count). The van der Waals surface area contributed by atoms with Gasteiger partial charge in [-0.25, -0.2) is 0 Å². The van der Waals surface area contributed by atoms with E-state index in [2.05, 4.69) is 16.6 Å². The Morgan fingerprint density at radius 3 is 2.90 bits per heavy atom. The van der Waals surface area contributed by atoms with Gasteiger partial charge in [-0.2, -0.15) is 0 Å². The Hall–Kier alpha value is -2.32. The lowest BCUT2D eigenvalue weighted by Crippen LogP contribution is -2.30. The number of nitrogens with zero attached hydrogens (tertiary/aromatic N) is 1. The van der Waals surface area contributed by atoms with Crippen molar-refractivity contribution in [1.82, 2.24) is 5.32 Å². The minimum atomic E-state index is -0.181. The zero-order valence-corrected chi connectivity index (χ0v) is 11.2. The van der Waals surface area contributed by atoms with Crippen LogP contribution in [-0.2, 0) is 9.59 Å². The predicted octanol–water partition coefficient (Wildman–Crippen LogP) is 0.975. The van der Waals surface area contributed by atoms with Crippen molar-refractivity contribution in [3.63, 3.8) is 0 Å². The van der Waals surface area contributed by atoms with Crippen molar-refractivity contribution in [2.24, 2.45) is 0 Å². The first-order chi connectivity index (χ1) is 9.72. The molecule has 0 atom stereocenters. The third-order valence-corrected chi connectivity index (χ3v) is 3.05. The van der Waals surface area contributed by atoms with Gasteiger partial charge in [0.2, 0.25) is 11.8 Å². The maximum Gasteiger partial charge on any atom is 0.238 e. The van der Waals surface area contributed by atoms with E-state index in [9.17, 15) is 9.59 Å². The second-order valence-electron chi connectivity index (χ2n) is 4.52. The number of anilines is 2. The highest BCUT2D eigenvalue weighted by Crippen LogP contribution is 2.29. The summed E-state index contributed by atoms with van der Waals surface area (Å²) in [7, 11) is 0. The fraction of sp³-hybridized carbons (Fsp3) is 0.333. The molecule has 2 N–H and O–H groups in total. The van der Waals surface area contributed by atoms with Gasteiger partial charge in [0.15, 0.2) is 0 Å². The van der Waals surface area contributed by atoms with Crippen LogP contribution in [0, 0.1) is 12.3 Å². The minimum Gasteiger partial charge on any atom is -0.323 e. The lowest BCUT2D eigenvalue weighted by Gasteiger charge is -2.19. The van der Waals surface area contributed by atoms with E-state index in [1.165, 1.54) is 0 Å². The van der Waals surface area contributed by atoms with Crippen LogP contribution in [0.15, 0.2) is 24.3 Å². The lowest BCUT2D eigenvalue weighted by atomic mass is 10.2. The second kappa shape index (κ2) is 6.73. The summed E-state index contributed by atoms with van der Waals surface area (Å²) in [5, 5.41) is 5.63. The van der Waals surface area contributed by atoms with Crippen LogP contribution in [0.3, 0.4) is 0 Å². The molecule has 1 aliphatic heterocycles. The first-order valence-electron chi connectivity index (χ1n) is 6.56. The third kappa shape index (κ3) is 3.37. The van der Waals surface area contributed by atoms with Gasteiger partial charge in [-0.1, -0.05) is 18.1 Å². The van der Waals surface area contributed by atoms with Gasteiger partial charge >= 0.3 is 0 Å². The van der Waals surface area contributed by atoms with Crippen molar-refractivity contribution in [3.8, 4) is 12.3 Å². The van der Waals surface area contributed by atoms with Crippen LogP contribution in [0.2, 0.25) is 0 Å². The fourth-order valence-corrected chi connectivity index (χ4v) is 2.16. The Kier molecular flexibility index (Phi) is 4.75. The number of rotatable bonds is 5. The molecule has 1 saturated heterocycles. The number of para-hydroxylation sites is 2. The molecule has 1 aromatic rings. The molecule has 1 aliphatic rings. The van der Waals surface area contributed by atoms with Crippen LogP contribution in [0.5, 0.6) is 0 Å². The third-order valence-electron chi connectivity index (χ3n) is 3.05. The number of carbonyl (C=O) groups is 2. The van der Waals surface area contributed by atoms with Gasteiger partial charge in [-0.05, 0) is 18.6 Å². The van der Waals surface area contributed by atoms with E-state index in [4.69, 9.17) is 6.42 Å². The first kappa shape index (κ1) is 14.1. The molecule has 0 radical (unpaired) electrons. The zero-order chi connectivity index (χ0) is 14.4. The van der Waals surface area contributed by atoms with E-state index in [0.29, 0.717) is 25.2 Å². The van der Waals surface area contributed by atoms with Crippen molar-refractivity contribution >= 4 is 23.2 Å². The molecule has 1 heterocycles. The molecule has 5 nitrogen and oxygen atoms in total. The Morgan fingerprint density at radius 2 is 2.20 bits per heavy atom. The summed E-state index contributed by atoms with van der Waals surface area (Å²) in [4.78, 5) is 25.3. The van der Waals surface area contributed by atoms with Crippen molar-refractivity contribution < 1.29 is 9.59 Å². The zero-order valence-electron chi connectivity index (χ0n) is 11.2. The van der Waals surface area contributed by atoms with Crippen LogP contribution in [0.1, 0.15) is 12.8 Å². The average molecular weight is 271 g/mol. The second-order valence-corrected chi connectivity index (χ2v) is 4.52. The molecular formula is C15H17N3O2. The molecule has 0 bridgehead atoms. The molecule has 0 aliphatic carbocycles. The Morgan fingerprint density at radius 1 is 1.40 bits per heavy atom. The standard InChI is InChI=1S/C15H17N3O2/c1-2-9-16-11-14(19)17-12-6-3-4-7-13(12)18-10-5-8-15(18)20/h1,3-4,6-7,16H,5,8-11H2,(H,17,19). The van der Waals surface area contributed by atoms with E-state index < -0.39 is 0 Å². The predicted molar refractivity (Wildman–Crippen MR) is 78.4 cm³/mol. The topological polar surface area (TPSA) is 61.4 Å². The quantitative estimate of drug-likeness (QED) is 0.620. The molecule has 1 aromatic carbocycles. The van der Waals surface area contributed by atoms with Crippen LogP contribution < -0.4 is 15.5 Å². The van der Waals surface area contributed by atoms with E-state index in [1.807, 2.05) is 18.2 Å². The number of terminal acetylenes is 1. The summed E-state index contributed by atoms with van der Waals surface area (Å²) in [6.45, 7) is 1.19. The van der Waals surface area contributed by atoms with Gasteiger partial charge in [0, 0.05) is 13.0 Å². The smallest absolute Gasteiger partial charge is 0.238 e. The highest BCUT2D eigenvalue weighted by molar-refractivity contribution is 6.02. The summed E-state index contributed by atoms with van der Waals surface area (Å²) in [5.74, 6) is 2.32. The SMILES string of the molecule is C#CCNCC(=O)Nc1ccccc1N1CCCC1=O. The van der Waals surface area contributed by atoms with Gasteiger partial charge < -0.3 is 10.2 Å². The lowest BCUT2D eigenvalue weighted by molar-refractivity contribution is -0.117. The van der Waals surface area contributed by atoms with Gasteiger partial charge in [0.1, 0.15) is 0 Å². The van der Waals surface area contributed by atoms with Gasteiger partial charge in [0.25, 0.3) is 0 Å². The van der Waals surface area contributed by atoms with E-state index in [0.717, 1.165) is 12.1 Å². The summed E-state index contributed by atoms with van der Waals surface area (Å²) >= 11 is 0. The summed E-state index contributed by atoms with van der Waals surface area (Å²) < 4.78 is 0. The van der Waals surface area contributed by atoms with Crippen molar-refractivity contribution in [3.05, 3.63) is 24.3 Å². The molecule has 1 fully saturated rings. The van der Waals surface area contributed by atoms with Crippen LogP contribution in [0.4, 0.5) is 11.4 Å². The molecule has 0 aromatic heterocycles.